The van der Waals surface area contributed by atoms with Gasteiger partial charge in [0.05, 0.1) is 0 Å². The average molecular weight is 289 g/mol. The number of anilines is 2. The number of carbonyl (C=O) groups is 1. The van der Waals surface area contributed by atoms with Gasteiger partial charge in [0.2, 0.25) is 0 Å². The number of amides is 1. The smallest absolute Gasteiger partial charge is 0.292 e. The zero-order valence-corrected chi connectivity index (χ0v) is 10.9. The van der Waals surface area contributed by atoms with Gasteiger partial charge in [-0.15, -0.1) is 10.2 Å². The number of fused-ring (bicyclic) bond motifs is 1. The topological polar surface area (TPSA) is 94.0 Å². The summed E-state index contributed by atoms with van der Waals surface area (Å²) in [4.78, 5) is 12.0. The third-order valence-corrected chi connectivity index (χ3v) is 2.84. The molecule has 1 aromatic carbocycles. The molecule has 100 valence electrons. The van der Waals surface area contributed by atoms with Crippen LogP contribution in [0.25, 0.3) is 11.0 Å². The largest absolute Gasteiger partial charge is 0.451 e. The van der Waals surface area contributed by atoms with Crippen LogP contribution in [0.4, 0.5) is 11.5 Å². The number of nitrogens with zero attached hydrogens (tertiary/aromatic N) is 2. The van der Waals surface area contributed by atoms with Crippen molar-refractivity contribution in [2.45, 2.75) is 0 Å². The number of carbonyl (C=O) groups excluding carboxylic acids is 1. The van der Waals surface area contributed by atoms with Gasteiger partial charge in [0.1, 0.15) is 5.58 Å². The van der Waals surface area contributed by atoms with Crippen molar-refractivity contribution in [1.29, 1.82) is 0 Å². The van der Waals surface area contributed by atoms with Gasteiger partial charge in [0, 0.05) is 11.1 Å². The van der Waals surface area contributed by atoms with E-state index in [0.29, 0.717) is 17.1 Å². The summed E-state index contributed by atoms with van der Waals surface area (Å²) in [6.07, 6.45) is 0. The lowest BCUT2D eigenvalue weighted by molar-refractivity contribution is 0.0998. The Balaban J connectivity index is 1.86. The van der Waals surface area contributed by atoms with E-state index in [2.05, 4.69) is 15.5 Å². The zero-order valence-electron chi connectivity index (χ0n) is 10.1. The van der Waals surface area contributed by atoms with Gasteiger partial charge in [-0.3, -0.25) is 4.79 Å². The molecule has 3 N–H and O–H groups in total. The van der Waals surface area contributed by atoms with Crippen LogP contribution >= 0.6 is 11.6 Å². The summed E-state index contributed by atoms with van der Waals surface area (Å²) in [6.45, 7) is 0. The Kier molecular flexibility index (Phi) is 3.00. The number of aromatic nitrogens is 2. The van der Waals surface area contributed by atoms with Crippen molar-refractivity contribution < 1.29 is 9.21 Å². The molecule has 2 heterocycles. The van der Waals surface area contributed by atoms with Gasteiger partial charge in [0.15, 0.2) is 16.7 Å². The fourth-order valence-electron chi connectivity index (χ4n) is 1.73. The SMILES string of the molecule is Nc1ccc2oc(C(=O)Nc3ccc(Cl)nn3)cc2c1. The maximum atomic E-state index is 12.0. The molecule has 20 heavy (non-hydrogen) atoms. The number of nitrogen functional groups attached to an aromatic ring is 1. The summed E-state index contributed by atoms with van der Waals surface area (Å²) >= 11 is 5.62. The van der Waals surface area contributed by atoms with Crippen LogP contribution in [0.3, 0.4) is 0 Å². The fourth-order valence-corrected chi connectivity index (χ4v) is 1.84. The minimum atomic E-state index is -0.420. The Morgan fingerprint density at radius 1 is 1.20 bits per heavy atom. The van der Waals surface area contributed by atoms with Crippen LogP contribution < -0.4 is 11.1 Å². The van der Waals surface area contributed by atoms with Gasteiger partial charge >= 0.3 is 0 Å². The highest BCUT2D eigenvalue weighted by molar-refractivity contribution is 6.29. The third kappa shape index (κ3) is 2.41. The highest BCUT2D eigenvalue weighted by atomic mass is 35.5. The Morgan fingerprint density at radius 2 is 2.05 bits per heavy atom. The lowest BCUT2D eigenvalue weighted by Gasteiger charge is -2.00. The maximum Gasteiger partial charge on any atom is 0.292 e. The van der Waals surface area contributed by atoms with Crippen LogP contribution in [0.15, 0.2) is 40.8 Å². The van der Waals surface area contributed by atoms with Gasteiger partial charge < -0.3 is 15.5 Å². The predicted molar refractivity (Wildman–Crippen MR) is 75.6 cm³/mol. The first-order valence-electron chi connectivity index (χ1n) is 5.71. The predicted octanol–water partition coefficient (Wildman–Crippen LogP) is 2.71. The molecule has 0 aliphatic rings. The normalized spacial score (nSPS) is 10.7. The third-order valence-electron chi connectivity index (χ3n) is 2.64. The van der Waals surface area contributed by atoms with Crippen molar-refractivity contribution in [2.24, 2.45) is 0 Å². The minimum absolute atomic E-state index is 0.169. The molecule has 3 rings (SSSR count). The van der Waals surface area contributed by atoms with Crippen LogP contribution in [0.2, 0.25) is 5.15 Å². The molecular weight excluding hydrogens is 280 g/mol. The van der Waals surface area contributed by atoms with Gasteiger partial charge in [-0.25, -0.2) is 0 Å². The van der Waals surface area contributed by atoms with E-state index in [0.717, 1.165) is 5.39 Å². The van der Waals surface area contributed by atoms with E-state index < -0.39 is 5.91 Å². The standard InChI is InChI=1S/C13H9ClN4O2/c14-11-3-4-12(18-17-11)16-13(19)10-6-7-5-8(15)1-2-9(7)20-10/h1-6H,15H2,(H,16,18,19). The molecule has 0 bridgehead atoms. The first-order chi connectivity index (χ1) is 9.61. The van der Waals surface area contributed by atoms with E-state index >= 15 is 0 Å². The lowest BCUT2D eigenvalue weighted by Crippen LogP contribution is -2.12. The molecule has 6 nitrogen and oxygen atoms in total. The second-order valence-electron chi connectivity index (χ2n) is 4.10. The number of furan rings is 1. The molecule has 1 amide bonds. The van der Waals surface area contributed by atoms with E-state index in [1.165, 1.54) is 6.07 Å². The van der Waals surface area contributed by atoms with Gasteiger partial charge in [-0.1, -0.05) is 11.6 Å². The zero-order chi connectivity index (χ0) is 14.1. The fraction of sp³-hybridized carbons (Fsp3) is 0. The Hall–Kier alpha value is -2.60. The van der Waals surface area contributed by atoms with Crippen LogP contribution in [0, 0.1) is 0 Å². The van der Waals surface area contributed by atoms with Crippen molar-refractivity contribution in [1.82, 2.24) is 10.2 Å². The highest BCUT2D eigenvalue weighted by Gasteiger charge is 2.13. The highest BCUT2D eigenvalue weighted by Crippen LogP contribution is 2.22. The quantitative estimate of drug-likeness (QED) is 0.707. The van der Waals surface area contributed by atoms with Crippen LogP contribution in [0.5, 0.6) is 0 Å². The molecule has 0 atom stereocenters. The number of benzene rings is 1. The Labute approximate surface area is 118 Å². The van der Waals surface area contributed by atoms with Crippen LogP contribution in [0.1, 0.15) is 10.6 Å². The number of nitrogens with two attached hydrogens (primary N) is 1. The molecule has 3 aromatic rings. The average Bonchev–Trinajstić information content (AvgIpc) is 2.84. The summed E-state index contributed by atoms with van der Waals surface area (Å²) in [7, 11) is 0. The molecule has 0 aliphatic carbocycles. The van der Waals surface area contributed by atoms with Crippen molar-refractivity contribution in [3.63, 3.8) is 0 Å². The van der Waals surface area contributed by atoms with Gasteiger partial charge in [-0.2, -0.15) is 0 Å². The molecule has 0 aliphatic heterocycles. The summed E-state index contributed by atoms with van der Waals surface area (Å²) in [6, 6.07) is 9.85. The summed E-state index contributed by atoms with van der Waals surface area (Å²) in [5, 5.41) is 10.9. The maximum absolute atomic E-state index is 12.0. The summed E-state index contributed by atoms with van der Waals surface area (Å²) in [5.41, 5.74) is 6.87. The first kappa shape index (κ1) is 12.4. The molecule has 7 heteroatoms. The van der Waals surface area contributed by atoms with E-state index in [9.17, 15) is 4.79 Å². The lowest BCUT2D eigenvalue weighted by atomic mass is 10.2. The molecule has 2 aromatic heterocycles. The molecule has 0 unspecified atom stereocenters. The molecule has 0 radical (unpaired) electrons. The van der Waals surface area contributed by atoms with Crippen molar-refractivity contribution >= 4 is 40.0 Å². The second kappa shape index (κ2) is 4.82. The van der Waals surface area contributed by atoms with Crippen LogP contribution in [-0.2, 0) is 0 Å². The number of hydrogen-bond donors (Lipinski definition) is 2. The van der Waals surface area contributed by atoms with Gasteiger partial charge in [0.25, 0.3) is 5.91 Å². The molecule has 0 spiro atoms. The number of rotatable bonds is 2. The van der Waals surface area contributed by atoms with E-state index in [1.54, 1.807) is 30.3 Å². The van der Waals surface area contributed by atoms with Crippen molar-refractivity contribution in [2.75, 3.05) is 11.1 Å². The molecule has 0 fully saturated rings. The molecule has 0 saturated heterocycles. The van der Waals surface area contributed by atoms with Gasteiger partial charge in [-0.05, 0) is 36.4 Å². The summed E-state index contributed by atoms with van der Waals surface area (Å²) < 4.78 is 5.44. The number of hydrogen-bond acceptors (Lipinski definition) is 5. The van der Waals surface area contributed by atoms with Crippen LogP contribution in [-0.4, -0.2) is 16.1 Å². The number of nitrogens with one attached hydrogen (secondary N) is 1. The monoisotopic (exact) mass is 288 g/mol. The van der Waals surface area contributed by atoms with E-state index in [1.807, 2.05) is 0 Å². The van der Waals surface area contributed by atoms with Crippen molar-refractivity contribution in [3.05, 3.63) is 47.3 Å². The van der Waals surface area contributed by atoms with E-state index in [-0.39, 0.29) is 10.9 Å². The molecule has 0 saturated carbocycles. The minimum Gasteiger partial charge on any atom is -0.451 e. The first-order valence-corrected chi connectivity index (χ1v) is 6.09. The molecular formula is C13H9ClN4O2. The number of halogens is 1. The summed E-state index contributed by atoms with van der Waals surface area (Å²) in [5.74, 6) is 0.0399. The Morgan fingerprint density at radius 3 is 2.80 bits per heavy atom. The van der Waals surface area contributed by atoms with Crippen molar-refractivity contribution in [3.8, 4) is 0 Å². The Bertz CT molecular complexity index is 783. The van der Waals surface area contributed by atoms with E-state index in [4.69, 9.17) is 21.8 Å². The second-order valence-corrected chi connectivity index (χ2v) is 4.49.